The van der Waals surface area contributed by atoms with Crippen molar-refractivity contribution in [3.63, 3.8) is 0 Å². The topological polar surface area (TPSA) is 103 Å². The summed E-state index contributed by atoms with van der Waals surface area (Å²) in [6, 6.07) is 12.3. The molecule has 164 valence electrons. The molecule has 3 aromatic rings. The number of nitrogens with two attached hydrogens (primary N) is 1. The fraction of sp³-hybridized carbons (Fsp3) is 0.391. The van der Waals surface area contributed by atoms with Crippen LogP contribution in [0.5, 0.6) is 5.75 Å². The molecule has 3 atom stereocenters. The number of benzene rings is 1. The Hall–Kier alpha value is -3.46. The van der Waals surface area contributed by atoms with Crippen LogP contribution in [0.4, 0.5) is 17.7 Å². The van der Waals surface area contributed by atoms with Crippen LogP contribution >= 0.6 is 0 Å². The number of nitrogen functional groups attached to an aromatic ring is 1. The van der Waals surface area contributed by atoms with Gasteiger partial charge in [-0.2, -0.15) is 4.98 Å². The molecular weight excluding hydrogens is 406 g/mol. The van der Waals surface area contributed by atoms with E-state index in [0.717, 1.165) is 61.9 Å². The number of nitrogens with zero attached hydrogens (tertiary/aromatic N) is 6. The number of para-hydroxylation sites is 1. The number of hydrogen-bond donors (Lipinski definition) is 1. The van der Waals surface area contributed by atoms with Crippen LogP contribution in [0.1, 0.15) is 12.8 Å². The van der Waals surface area contributed by atoms with Crippen molar-refractivity contribution in [3.05, 3.63) is 48.8 Å². The molecule has 3 unspecified atom stereocenters. The highest BCUT2D eigenvalue weighted by Crippen LogP contribution is 2.34. The van der Waals surface area contributed by atoms with Gasteiger partial charge in [-0.15, -0.1) is 0 Å². The molecule has 9 heteroatoms. The molecule has 0 aliphatic carbocycles. The van der Waals surface area contributed by atoms with Crippen molar-refractivity contribution in [2.45, 2.75) is 31.1 Å². The molecule has 2 aromatic heterocycles. The Balaban J connectivity index is 1.29. The SMILES string of the molecule is Nc1ncc(-c2cc(N3CC4CC3CO4)nc(N3CCC(Oc4ccccc4)C3)n2)cn1. The maximum atomic E-state index is 6.17. The minimum absolute atomic E-state index is 0.101. The van der Waals surface area contributed by atoms with Gasteiger partial charge >= 0.3 is 0 Å². The second-order valence-electron chi connectivity index (χ2n) is 8.53. The minimum Gasteiger partial charge on any atom is -0.489 e. The molecule has 0 radical (unpaired) electrons. The van der Waals surface area contributed by atoms with E-state index in [2.05, 4.69) is 19.8 Å². The van der Waals surface area contributed by atoms with E-state index in [9.17, 15) is 0 Å². The predicted octanol–water partition coefficient (Wildman–Crippen LogP) is 2.15. The quantitative estimate of drug-likeness (QED) is 0.651. The first-order chi connectivity index (χ1) is 15.7. The van der Waals surface area contributed by atoms with Crippen LogP contribution in [0, 0.1) is 0 Å². The monoisotopic (exact) mass is 431 g/mol. The third-order valence-corrected chi connectivity index (χ3v) is 6.34. The molecule has 5 heterocycles. The zero-order chi connectivity index (χ0) is 21.5. The fourth-order valence-electron chi connectivity index (χ4n) is 4.71. The van der Waals surface area contributed by atoms with E-state index >= 15 is 0 Å². The minimum atomic E-state index is 0.101. The van der Waals surface area contributed by atoms with E-state index in [-0.39, 0.29) is 18.2 Å². The highest BCUT2D eigenvalue weighted by atomic mass is 16.5. The molecule has 32 heavy (non-hydrogen) atoms. The summed E-state index contributed by atoms with van der Waals surface area (Å²) in [7, 11) is 0. The summed E-state index contributed by atoms with van der Waals surface area (Å²) in [6.07, 6.45) is 5.79. The molecule has 3 aliphatic heterocycles. The second-order valence-corrected chi connectivity index (χ2v) is 8.53. The Morgan fingerprint density at radius 2 is 1.91 bits per heavy atom. The molecule has 0 spiro atoms. The van der Waals surface area contributed by atoms with E-state index in [0.29, 0.717) is 12.0 Å². The van der Waals surface area contributed by atoms with Crippen LogP contribution in [-0.2, 0) is 4.74 Å². The van der Waals surface area contributed by atoms with Gasteiger partial charge in [0.15, 0.2) is 0 Å². The Morgan fingerprint density at radius 3 is 2.66 bits per heavy atom. The molecular formula is C23H25N7O2. The van der Waals surface area contributed by atoms with Crippen LogP contribution in [0.25, 0.3) is 11.3 Å². The third-order valence-electron chi connectivity index (χ3n) is 6.34. The zero-order valence-electron chi connectivity index (χ0n) is 17.7. The lowest BCUT2D eigenvalue weighted by atomic mass is 10.2. The first kappa shape index (κ1) is 19.2. The Morgan fingerprint density at radius 1 is 1.06 bits per heavy atom. The summed E-state index contributed by atoms with van der Waals surface area (Å²) in [5.41, 5.74) is 7.30. The van der Waals surface area contributed by atoms with Gasteiger partial charge in [0.25, 0.3) is 0 Å². The van der Waals surface area contributed by atoms with Crippen molar-refractivity contribution in [1.29, 1.82) is 0 Å². The van der Waals surface area contributed by atoms with Crippen molar-refractivity contribution in [2.75, 3.05) is 41.8 Å². The highest BCUT2D eigenvalue weighted by molar-refractivity contribution is 5.65. The molecule has 1 aromatic carbocycles. The highest BCUT2D eigenvalue weighted by Gasteiger charge is 2.40. The molecule has 9 nitrogen and oxygen atoms in total. The molecule has 3 aliphatic rings. The number of aromatic nitrogens is 4. The summed E-state index contributed by atoms with van der Waals surface area (Å²) in [5, 5.41) is 0. The molecule has 2 bridgehead atoms. The number of anilines is 3. The van der Waals surface area contributed by atoms with Gasteiger partial charge in [-0.3, -0.25) is 0 Å². The summed E-state index contributed by atoms with van der Waals surface area (Å²) >= 11 is 0. The van der Waals surface area contributed by atoms with Gasteiger partial charge in [0.05, 0.1) is 31.0 Å². The summed E-state index contributed by atoms with van der Waals surface area (Å²) < 4.78 is 12.0. The summed E-state index contributed by atoms with van der Waals surface area (Å²) in [5.74, 6) is 2.77. The standard InChI is InChI=1S/C23H25N7O2/c24-22-25-10-15(11-26-22)20-9-21(30-13-19-8-16(30)14-31-19)28-23(27-20)29-7-6-18(12-29)32-17-4-2-1-3-5-17/h1-5,9-11,16,18-19H,6-8,12-14H2,(H2,24,25,26). The van der Waals surface area contributed by atoms with Crippen LogP contribution in [0.2, 0.25) is 0 Å². The van der Waals surface area contributed by atoms with E-state index in [1.54, 1.807) is 12.4 Å². The van der Waals surface area contributed by atoms with Gasteiger partial charge in [0.1, 0.15) is 17.7 Å². The third kappa shape index (κ3) is 3.69. The average molecular weight is 432 g/mol. The molecule has 2 N–H and O–H groups in total. The number of ether oxygens (including phenoxy) is 2. The van der Waals surface area contributed by atoms with Crippen molar-refractivity contribution in [2.24, 2.45) is 0 Å². The normalized spacial score (nSPS) is 24.3. The van der Waals surface area contributed by atoms with Crippen molar-refractivity contribution in [3.8, 4) is 17.0 Å². The van der Waals surface area contributed by atoms with E-state index in [4.69, 9.17) is 25.2 Å². The number of hydrogen-bond acceptors (Lipinski definition) is 9. The lowest BCUT2D eigenvalue weighted by Gasteiger charge is -2.29. The lowest BCUT2D eigenvalue weighted by molar-refractivity contribution is 0.0989. The smallest absolute Gasteiger partial charge is 0.228 e. The molecule has 6 rings (SSSR count). The summed E-state index contributed by atoms with van der Waals surface area (Å²) in [6.45, 7) is 3.19. The van der Waals surface area contributed by atoms with Gasteiger partial charge in [-0.25, -0.2) is 15.0 Å². The van der Waals surface area contributed by atoms with Crippen LogP contribution in [0.3, 0.4) is 0 Å². The fourth-order valence-corrected chi connectivity index (χ4v) is 4.71. The molecule has 0 amide bonds. The van der Waals surface area contributed by atoms with Gasteiger partial charge < -0.3 is 25.0 Å². The predicted molar refractivity (Wildman–Crippen MR) is 121 cm³/mol. The number of fused-ring (bicyclic) bond motifs is 2. The lowest BCUT2D eigenvalue weighted by Crippen LogP contribution is -2.38. The van der Waals surface area contributed by atoms with Crippen LogP contribution in [0.15, 0.2) is 48.8 Å². The van der Waals surface area contributed by atoms with Gasteiger partial charge in [0, 0.05) is 43.5 Å². The van der Waals surface area contributed by atoms with Crippen molar-refractivity contribution < 1.29 is 9.47 Å². The Labute approximate surface area is 186 Å². The van der Waals surface area contributed by atoms with E-state index < -0.39 is 0 Å². The number of rotatable bonds is 5. The first-order valence-corrected chi connectivity index (χ1v) is 11.0. The van der Waals surface area contributed by atoms with Crippen molar-refractivity contribution >= 4 is 17.7 Å². The second kappa shape index (κ2) is 7.90. The van der Waals surface area contributed by atoms with Crippen LogP contribution < -0.4 is 20.3 Å². The van der Waals surface area contributed by atoms with Crippen LogP contribution in [-0.4, -0.2) is 64.4 Å². The van der Waals surface area contributed by atoms with Gasteiger partial charge in [-0.1, -0.05) is 18.2 Å². The summed E-state index contributed by atoms with van der Waals surface area (Å²) in [4.78, 5) is 22.7. The van der Waals surface area contributed by atoms with Gasteiger partial charge in [0.2, 0.25) is 11.9 Å². The maximum Gasteiger partial charge on any atom is 0.228 e. The average Bonchev–Trinajstić information content (AvgIpc) is 3.58. The molecule has 0 saturated carbocycles. The number of morpholine rings is 1. The van der Waals surface area contributed by atoms with E-state index in [1.807, 2.05) is 36.4 Å². The Bertz CT molecular complexity index is 1100. The Kier molecular flexibility index (Phi) is 4.75. The maximum absolute atomic E-state index is 6.17. The van der Waals surface area contributed by atoms with Crippen molar-refractivity contribution in [1.82, 2.24) is 19.9 Å². The zero-order valence-corrected chi connectivity index (χ0v) is 17.7. The largest absolute Gasteiger partial charge is 0.489 e. The molecule has 3 saturated heterocycles. The first-order valence-electron chi connectivity index (χ1n) is 11.0. The molecule has 3 fully saturated rings. The van der Waals surface area contributed by atoms with E-state index in [1.165, 1.54) is 0 Å². The van der Waals surface area contributed by atoms with Gasteiger partial charge in [-0.05, 0) is 18.6 Å².